The Labute approximate surface area is 200 Å². The molecule has 1 aliphatic rings. The number of ether oxygens (including phenoxy) is 2. The number of hydrogen-bond acceptors (Lipinski definition) is 5. The van der Waals surface area contributed by atoms with Gasteiger partial charge < -0.3 is 14.6 Å². The van der Waals surface area contributed by atoms with E-state index in [0.29, 0.717) is 13.2 Å². The van der Waals surface area contributed by atoms with Gasteiger partial charge in [-0.15, -0.1) is 0 Å². The first-order chi connectivity index (χ1) is 14.6. The molecule has 0 saturated carbocycles. The van der Waals surface area contributed by atoms with Crippen LogP contribution in [0.15, 0.2) is 0 Å². The Hall–Kier alpha value is -0.200. The molecule has 32 heavy (non-hydrogen) atoms. The topological polar surface area (TPSA) is 45.2 Å². The minimum Gasteiger partial charge on any atom is -0.395 e. The predicted molar refractivity (Wildman–Crippen MR) is 136 cm³/mol. The molecule has 0 bridgehead atoms. The second kappa shape index (κ2) is 12.0. The molecule has 1 rings (SSSR count). The van der Waals surface area contributed by atoms with Crippen LogP contribution in [-0.4, -0.2) is 83.7 Å². The van der Waals surface area contributed by atoms with Crippen LogP contribution in [0.3, 0.4) is 0 Å². The van der Waals surface area contributed by atoms with Crippen LogP contribution in [0, 0.1) is 11.3 Å². The van der Waals surface area contributed by atoms with Crippen LogP contribution < -0.4 is 0 Å². The van der Waals surface area contributed by atoms with Crippen LogP contribution >= 0.6 is 0 Å². The fourth-order valence-electron chi connectivity index (χ4n) is 4.51. The lowest BCUT2D eigenvalue weighted by Gasteiger charge is -2.54. The van der Waals surface area contributed by atoms with Crippen molar-refractivity contribution < 1.29 is 14.6 Å². The monoisotopic (exact) mass is 456 g/mol. The molecule has 2 atom stereocenters. The first-order valence-corrected chi connectivity index (χ1v) is 13.0. The van der Waals surface area contributed by atoms with Crippen molar-refractivity contribution in [2.24, 2.45) is 11.3 Å². The van der Waals surface area contributed by atoms with Gasteiger partial charge in [0.05, 0.1) is 31.0 Å². The van der Waals surface area contributed by atoms with Crippen LogP contribution in [0.25, 0.3) is 0 Å². The summed E-state index contributed by atoms with van der Waals surface area (Å²) >= 11 is 0. The van der Waals surface area contributed by atoms with Crippen molar-refractivity contribution in [3.63, 3.8) is 0 Å². The summed E-state index contributed by atoms with van der Waals surface area (Å²) in [6.07, 6.45) is 3.43. The summed E-state index contributed by atoms with van der Waals surface area (Å²) in [5.74, 6) is 0.728. The van der Waals surface area contributed by atoms with Gasteiger partial charge in [0.2, 0.25) is 0 Å². The van der Waals surface area contributed by atoms with Gasteiger partial charge in [-0.1, -0.05) is 41.0 Å². The molecule has 1 aliphatic heterocycles. The summed E-state index contributed by atoms with van der Waals surface area (Å²) in [7, 11) is 0. The highest BCUT2D eigenvalue weighted by molar-refractivity contribution is 4.99. The second-order valence-electron chi connectivity index (χ2n) is 12.5. The van der Waals surface area contributed by atoms with E-state index in [9.17, 15) is 5.11 Å². The Bertz CT molecular complexity index is 545. The van der Waals surface area contributed by atoms with Gasteiger partial charge in [-0.05, 0) is 65.7 Å². The van der Waals surface area contributed by atoms with Crippen LogP contribution in [0.1, 0.15) is 95.4 Å². The average Bonchev–Trinajstić information content (AvgIpc) is 2.71. The molecule has 1 saturated heterocycles. The van der Waals surface area contributed by atoms with Crippen molar-refractivity contribution in [3.8, 4) is 0 Å². The fraction of sp³-hybridized carbons (Fsp3) is 1.00. The molecule has 0 aromatic heterocycles. The van der Waals surface area contributed by atoms with E-state index in [1.54, 1.807) is 0 Å². The minimum absolute atomic E-state index is 0.0812. The number of nitrogens with zero attached hydrogens (tertiary/aromatic N) is 2. The molecule has 0 amide bonds. The maximum atomic E-state index is 10.2. The van der Waals surface area contributed by atoms with E-state index in [1.165, 1.54) is 12.8 Å². The van der Waals surface area contributed by atoms with Crippen molar-refractivity contribution in [2.75, 3.05) is 46.0 Å². The van der Waals surface area contributed by atoms with Crippen LogP contribution in [0.2, 0.25) is 0 Å². The first-order valence-electron chi connectivity index (χ1n) is 13.0. The molecule has 1 fully saturated rings. The lowest BCUT2D eigenvalue weighted by molar-refractivity contribution is -0.127. The van der Waals surface area contributed by atoms with E-state index in [2.05, 4.69) is 86.0 Å². The summed E-state index contributed by atoms with van der Waals surface area (Å²) in [5, 5.41) is 10.2. The molecule has 2 unspecified atom stereocenters. The Balaban J connectivity index is 2.63. The van der Waals surface area contributed by atoms with Crippen molar-refractivity contribution in [3.05, 3.63) is 0 Å². The molecule has 5 nitrogen and oxygen atoms in total. The third kappa shape index (κ3) is 8.54. The summed E-state index contributed by atoms with van der Waals surface area (Å²) in [6, 6.07) is 0.157. The normalized spacial score (nSPS) is 21.2. The third-order valence-corrected chi connectivity index (χ3v) is 8.35. The third-order valence-electron chi connectivity index (χ3n) is 8.35. The van der Waals surface area contributed by atoms with Gasteiger partial charge in [0.15, 0.2) is 0 Å². The molecule has 1 N–H and O–H groups in total. The van der Waals surface area contributed by atoms with Crippen molar-refractivity contribution in [1.29, 1.82) is 0 Å². The standard InChI is InChI=1S/C27H56N2O3/c1-12-22(3)18-24(4,5)27(10,11)29-15-14-28(23(19-29)20-30)16-17-31-26(8,9)21-32-25(6,7)13-2/h22-23,30H,12-21H2,1-11H3. The van der Waals surface area contributed by atoms with Gasteiger partial charge in [0.1, 0.15) is 0 Å². The molecule has 0 aromatic carbocycles. The van der Waals surface area contributed by atoms with Crippen LogP contribution in [0.4, 0.5) is 0 Å². The van der Waals surface area contributed by atoms with E-state index in [4.69, 9.17) is 9.47 Å². The first kappa shape index (κ1) is 29.8. The van der Waals surface area contributed by atoms with E-state index in [1.807, 2.05) is 0 Å². The zero-order valence-corrected chi connectivity index (χ0v) is 23.4. The lowest BCUT2D eigenvalue weighted by Crippen LogP contribution is -2.64. The van der Waals surface area contributed by atoms with Gasteiger partial charge in [-0.25, -0.2) is 0 Å². The molecule has 0 aromatic rings. The second-order valence-corrected chi connectivity index (χ2v) is 12.5. The summed E-state index contributed by atoms with van der Waals surface area (Å²) in [4.78, 5) is 5.01. The van der Waals surface area contributed by atoms with Gasteiger partial charge in [-0.2, -0.15) is 0 Å². The molecule has 0 aliphatic carbocycles. The number of hydrogen-bond donors (Lipinski definition) is 1. The molecule has 5 heteroatoms. The summed E-state index contributed by atoms with van der Waals surface area (Å²) < 4.78 is 12.3. The van der Waals surface area contributed by atoms with E-state index in [-0.39, 0.29) is 34.8 Å². The van der Waals surface area contributed by atoms with E-state index < -0.39 is 0 Å². The number of aliphatic hydroxyl groups is 1. The molecule has 0 radical (unpaired) electrons. The highest BCUT2D eigenvalue weighted by Crippen LogP contribution is 2.42. The fourth-order valence-corrected chi connectivity index (χ4v) is 4.51. The number of aliphatic hydroxyl groups excluding tert-OH is 1. The molecule has 192 valence electrons. The van der Waals surface area contributed by atoms with Crippen LogP contribution in [-0.2, 0) is 9.47 Å². The zero-order chi connectivity index (χ0) is 24.8. The van der Waals surface area contributed by atoms with E-state index >= 15 is 0 Å². The van der Waals surface area contributed by atoms with Gasteiger partial charge in [-0.3, -0.25) is 9.80 Å². The van der Waals surface area contributed by atoms with Gasteiger partial charge in [0, 0.05) is 37.8 Å². The SMILES string of the molecule is CCC(C)CC(C)(C)C(C)(C)N1CCN(CCOC(C)(C)COC(C)(C)CC)C(CO)C1. The smallest absolute Gasteiger partial charge is 0.0859 e. The Morgan fingerprint density at radius 3 is 2.09 bits per heavy atom. The molecule has 0 spiro atoms. The van der Waals surface area contributed by atoms with Crippen molar-refractivity contribution in [1.82, 2.24) is 9.80 Å². The molecular formula is C27H56N2O3. The van der Waals surface area contributed by atoms with Crippen LogP contribution in [0.5, 0.6) is 0 Å². The number of piperazine rings is 1. The quantitative estimate of drug-likeness (QED) is 0.389. The molecule has 1 heterocycles. The lowest BCUT2D eigenvalue weighted by atomic mass is 9.68. The molecular weight excluding hydrogens is 400 g/mol. The van der Waals surface area contributed by atoms with Crippen molar-refractivity contribution in [2.45, 2.75) is 118 Å². The Kier molecular flexibility index (Phi) is 11.2. The Morgan fingerprint density at radius 1 is 0.938 bits per heavy atom. The predicted octanol–water partition coefficient (Wildman–Crippen LogP) is 5.21. The Morgan fingerprint density at radius 2 is 1.56 bits per heavy atom. The average molecular weight is 457 g/mol. The van der Waals surface area contributed by atoms with E-state index in [0.717, 1.165) is 38.5 Å². The maximum Gasteiger partial charge on any atom is 0.0859 e. The highest BCUT2D eigenvalue weighted by atomic mass is 16.6. The largest absolute Gasteiger partial charge is 0.395 e. The van der Waals surface area contributed by atoms with Gasteiger partial charge in [0.25, 0.3) is 0 Å². The highest BCUT2D eigenvalue weighted by Gasteiger charge is 2.44. The maximum absolute atomic E-state index is 10.2. The van der Waals surface area contributed by atoms with Crippen molar-refractivity contribution >= 4 is 0 Å². The number of rotatable bonds is 14. The zero-order valence-electron chi connectivity index (χ0n) is 23.4. The summed E-state index contributed by atoms with van der Waals surface area (Å²) in [5.41, 5.74) is -0.138. The minimum atomic E-state index is -0.315. The van der Waals surface area contributed by atoms with Gasteiger partial charge >= 0.3 is 0 Å². The summed E-state index contributed by atoms with van der Waals surface area (Å²) in [6.45, 7) is 30.0.